The second-order valence-corrected chi connectivity index (χ2v) is 8.06. The second-order valence-electron chi connectivity index (χ2n) is 5.97. The lowest BCUT2D eigenvalue weighted by Crippen LogP contribution is -2.16. The quantitative estimate of drug-likeness (QED) is 0.287. The number of para-hydroxylation sites is 2. The monoisotopic (exact) mass is 455 g/mol. The molecule has 0 fully saturated rings. The number of azo groups is 1. The number of nitrogens with zero attached hydrogens (tertiary/aromatic N) is 2. The number of benzene rings is 3. The Hall–Kier alpha value is -3.11. The summed E-state index contributed by atoms with van der Waals surface area (Å²) >= 11 is 5.54. The van der Waals surface area contributed by atoms with Crippen LogP contribution in [0.4, 0.5) is 30.2 Å². The molecule has 0 bridgehead atoms. The number of hydrogen-bond acceptors (Lipinski definition) is 4. The van der Waals surface area contributed by atoms with Crippen molar-refractivity contribution in [3.8, 4) is 0 Å². The molecule has 0 heterocycles. The van der Waals surface area contributed by atoms with Gasteiger partial charge in [0.15, 0.2) is 0 Å². The van der Waals surface area contributed by atoms with Crippen LogP contribution in [0.25, 0.3) is 0 Å². The minimum atomic E-state index is -4.83. The van der Waals surface area contributed by atoms with Gasteiger partial charge in [-0.3, -0.25) is 4.72 Å². The lowest BCUT2D eigenvalue weighted by molar-refractivity contribution is -0.434. The summed E-state index contributed by atoms with van der Waals surface area (Å²) in [6.07, 6.45) is -4.83. The summed E-state index contributed by atoms with van der Waals surface area (Å²) < 4.78 is 66.6. The molecule has 0 aromatic heterocycles. The highest BCUT2D eigenvalue weighted by atomic mass is 35.5. The molecule has 0 aliphatic heterocycles. The maximum Gasteiger partial charge on any atom is 0.417 e. The third kappa shape index (κ3) is 4.89. The third-order valence-corrected chi connectivity index (χ3v) is 5.56. The number of nitrogens with one attached hydrogen (secondary N) is 1. The number of sulfonamides is 1. The summed E-state index contributed by atoms with van der Waals surface area (Å²) in [5.41, 5.74) is -1.26. The molecular weight excluding hydrogens is 443 g/mol. The van der Waals surface area contributed by atoms with Gasteiger partial charge in [-0.2, -0.15) is 13.2 Å². The smallest absolute Gasteiger partial charge is 0.417 e. The van der Waals surface area contributed by atoms with E-state index in [1.54, 1.807) is 30.3 Å². The van der Waals surface area contributed by atoms with Gasteiger partial charge in [0.1, 0.15) is 11.4 Å². The van der Waals surface area contributed by atoms with Crippen LogP contribution in [-0.2, 0) is 16.2 Å². The highest BCUT2D eigenvalue weighted by Gasteiger charge is 2.34. The molecule has 3 rings (SSSR count). The van der Waals surface area contributed by atoms with Crippen LogP contribution in [-0.4, -0.2) is 13.3 Å². The van der Waals surface area contributed by atoms with E-state index in [1.165, 1.54) is 24.3 Å². The van der Waals surface area contributed by atoms with Crippen LogP contribution in [0, 0.1) is 5.21 Å². The van der Waals surface area contributed by atoms with E-state index < -0.39 is 31.7 Å². The van der Waals surface area contributed by atoms with E-state index in [1.807, 2.05) is 0 Å². The van der Waals surface area contributed by atoms with Crippen LogP contribution in [0.1, 0.15) is 5.56 Å². The van der Waals surface area contributed by atoms with Gasteiger partial charge >= 0.3 is 6.18 Å². The fourth-order valence-electron chi connectivity index (χ4n) is 2.47. The molecule has 0 atom stereocenters. The van der Waals surface area contributed by atoms with Crippen molar-refractivity contribution in [2.45, 2.75) is 11.1 Å². The molecule has 0 amide bonds. The molecule has 0 aliphatic rings. The molecule has 0 spiro atoms. The molecular formula is C19H13ClF3N3O3S. The van der Waals surface area contributed by atoms with E-state index in [0.717, 1.165) is 12.1 Å². The zero-order valence-corrected chi connectivity index (χ0v) is 16.5. The topological polar surface area (TPSA) is 84.6 Å². The number of hydrogen-bond donors (Lipinski definition) is 1. The van der Waals surface area contributed by atoms with E-state index in [4.69, 9.17) is 11.6 Å². The van der Waals surface area contributed by atoms with E-state index in [9.17, 15) is 26.8 Å². The van der Waals surface area contributed by atoms with E-state index in [2.05, 4.69) is 9.84 Å². The summed E-state index contributed by atoms with van der Waals surface area (Å²) in [5, 5.41) is 15.6. The predicted molar refractivity (Wildman–Crippen MR) is 106 cm³/mol. The van der Waals surface area contributed by atoms with Crippen LogP contribution < -0.4 is 4.72 Å². The van der Waals surface area contributed by atoms with Crippen molar-refractivity contribution in [1.82, 2.24) is 0 Å². The Morgan fingerprint density at radius 3 is 2.27 bits per heavy atom. The predicted octanol–water partition coefficient (Wildman–Crippen LogP) is 6.09. The first-order chi connectivity index (χ1) is 14.1. The molecule has 156 valence electrons. The molecule has 3 aromatic carbocycles. The number of rotatable bonds is 5. The van der Waals surface area contributed by atoms with Crippen molar-refractivity contribution in [3.05, 3.63) is 88.6 Å². The van der Waals surface area contributed by atoms with Gasteiger partial charge in [0.25, 0.3) is 15.7 Å². The lowest BCUT2D eigenvalue weighted by Gasteiger charge is -2.13. The van der Waals surface area contributed by atoms with Crippen LogP contribution >= 0.6 is 11.6 Å². The third-order valence-electron chi connectivity index (χ3n) is 3.87. The van der Waals surface area contributed by atoms with E-state index in [0.29, 0.717) is 11.8 Å². The Balaban J connectivity index is 1.98. The van der Waals surface area contributed by atoms with Crippen molar-refractivity contribution in [1.29, 1.82) is 0 Å². The summed E-state index contributed by atoms with van der Waals surface area (Å²) in [6, 6.07) is 16.0. The average Bonchev–Trinajstić information content (AvgIpc) is 2.68. The molecule has 30 heavy (non-hydrogen) atoms. The first kappa shape index (κ1) is 21.6. The normalized spacial score (nSPS) is 12.6. The van der Waals surface area contributed by atoms with Gasteiger partial charge < -0.3 is 5.21 Å². The summed E-state index contributed by atoms with van der Waals surface area (Å²) in [5.74, 6) is 0. The zero-order chi connectivity index (χ0) is 21.9. The first-order valence-corrected chi connectivity index (χ1v) is 10.2. The summed E-state index contributed by atoms with van der Waals surface area (Å²) in [6.45, 7) is 0. The van der Waals surface area contributed by atoms with Crippen molar-refractivity contribution in [2.75, 3.05) is 4.72 Å². The molecule has 11 heteroatoms. The van der Waals surface area contributed by atoms with Gasteiger partial charge in [0.2, 0.25) is 0 Å². The SMILES string of the molecule is O=S(=O)(Nc1ccccc1[N+]([O-])=Nc1ccccc1)c1ccc(Cl)c(C(F)(F)F)c1. The Morgan fingerprint density at radius 1 is 0.967 bits per heavy atom. The second kappa shape index (κ2) is 8.33. The maximum atomic E-state index is 13.1. The number of halogens is 4. The minimum absolute atomic E-state index is 0.144. The summed E-state index contributed by atoms with van der Waals surface area (Å²) in [4.78, 5) is -0.442. The van der Waals surface area contributed by atoms with Gasteiger partial charge in [-0.15, -0.1) is 0 Å². The van der Waals surface area contributed by atoms with E-state index >= 15 is 0 Å². The fraction of sp³-hybridized carbons (Fsp3) is 0.0526. The molecule has 3 aromatic rings. The van der Waals surface area contributed by atoms with Crippen molar-refractivity contribution in [2.24, 2.45) is 5.11 Å². The molecule has 0 saturated heterocycles. The fourth-order valence-corrected chi connectivity index (χ4v) is 3.80. The summed E-state index contributed by atoms with van der Waals surface area (Å²) in [7, 11) is -4.46. The molecule has 0 aliphatic carbocycles. The first-order valence-electron chi connectivity index (χ1n) is 8.30. The van der Waals surface area contributed by atoms with Gasteiger partial charge in [0.05, 0.1) is 15.5 Å². The molecule has 6 nitrogen and oxygen atoms in total. The number of anilines is 1. The molecule has 0 unspecified atom stereocenters. The van der Waals surface area contributed by atoms with E-state index in [-0.39, 0.29) is 16.2 Å². The zero-order valence-electron chi connectivity index (χ0n) is 15.0. The molecule has 0 saturated carbocycles. The van der Waals surface area contributed by atoms with Crippen molar-refractivity contribution in [3.63, 3.8) is 0 Å². The lowest BCUT2D eigenvalue weighted by atomic mass is 10.2. The Bertz CT molecular complexity index is 1200. The largest absolute Gasteiger partial charge is 0.594 e. The standard InChI is InChI=1S/C19H13ClF3N3O3S/c20-16-11-10-14(12-15(16)19(21,22)23)30(28,29)25-17-8-4-5-9-18(17)26(27)24-13-6-2-1-3-7-13/h1-12,25H. The van der Waals surface area contributed by atoms with Crippen LogP contribution in [0.15, 0.2) is 82.8 Å². The molecule has 0 radical (unpaired) electrons. The van der Waals surface area contributed by atoms with Crippen molar-refractivity contribution < 1.29 is 26.4 Å². The highest BCUT2D eigenvalue weighted by Crippen LogP contribution is 2.36. The Labute approximate surface area is 174 Å². The number of alkyl halides is 3. The Morgan fingerprint density at radius 2 is 1.60 bits per heavy atom. The van der Waals surface area contributed by atoms with Gasteiger partial charge in [0, 0.05) is 11.2 Å². The van der Waals surface area contributed by atoms with Crippen LogP contribution in [0.5, 0.6) is 0 Å². The van der Waals surface area contributed by atoms with Gasteiger partial charge in [-0.05, 0) is 41.3 Å². The van der Waals surface area contributed by atoms with Crippen LogP contribution in [0.2, 0.25) is 5.02 Å². The maximum absolute atomic E-state index is 13.1. The van der Waals surface area contributed by atoms with Gasteiger partial charge in [-0.1, -0.05) is 41.9 Å². The molecule has 1 N–H and O–H groups in total. The van der Waals surface area contributed by atoms with Crippen molar-refractivity contribution >= 4 is 38.7 Å². The van der Waals surface area contributed by atoms with Crippen LogP contribution in [0.3, 0.4) is 0 Å². The highest BCUT2D eigenvalue weighted by molar-refractivity contribution is 7.92. The average molecular weight is 456 g/mol. The minimum Gasteiger partial charge on any atom is -0.594 e. The van der Waals surface area contributed by atoms with Gasteiger partial charge in [-0.25, -0.2) is 8.42 Å². The Kier molecular flexibility index (Phi) is 5.99.